The number of halogens is 2. The van der Waals surface area contributed by atoms with E-state index in [9.17, 15) is 4.79 Å². The average molecular weight is 324 g/mol. The quantitative estimate of drug-likeness (QED) is 0.827. The van der Waals surface area contributed by atoms with Gasteiger partial charge in [-0.25, -0.2) is 4.98 Å². The summed E-state index contributed by atoms with van der Waals surface area (Å²) in [6.45, 7) is 0.978. The maximum absolute atomic E-state index is 12.1. The van der Waals surface area contributed by atoms with E-state index in [1.165, 1.54) is 11.8 Å². The molecular weight excluding hydrogens is 309 g/mol. The summed E-state index contributed by atoms with van der Waals surface area (Å²) in [7, 11) is 0. The lowest BCUT2D eigenvalue weighted by atomic mass is 10.0. The molecule has 1 aromatic carbocycles. The molecule has 0 unspecified atom stereocenters. The SMILES string of the molecule is Cl.O=C(Nc1ccc2c(c1)NCCC2)c1ccc(Cl)nc1. The van der Waals surface area contributed by atoms with E-state index in [1.54, 1.807) is 12.1 Å². The van der Waals surface area contributed by atoms with Crippen molar-refractivity contribution in [1.82, 2.24) is 4.98 Å². The van der Waals surface area contributed by atoms with Crippen molar-refractivity contribution in [2.45, 2.75) is 12.8 Å². The predicted octanol–water partition coefficient (Wildman–Crippen LogP) is 3.77. The van der Waals surface area contributed by atoms with E-state index in [1.807, 2.05) is 12.1 Å². The van der Waals surface area contributed by atoms with Crippen molar-refractivity contribution in [2.24, 2.45) is 0 Å². The van der Waals surface area contributed by atoms with E-state index in [4.69, 9.17) is 11.6 Å². The van der Waals surface area contributed by atoms with Gasteiger partial charge in [0.15, 0.2) is 0 Å². The van der Waals surface area contributed by atoms with Gasteiger partial charge < -0.3 is 10.6 Å². The second-order valence-electron chi connectivity index (χ2n) is 4.73. The lowest BCUT2D eigenvalue weighted by molar-refractivity contribution is 0.102. The van der Waals surface area contributed by atoms with Crippen LogP contribution < -0.4 is 10.6 Å². The summed E-state index contributed by atoms with van der Waals surface area (Å²) < 4.78 is 0. The number of amides is 1. The van der Waals surface area contributed by atoms with Gasteiger partial charge in [0.1, 0.15) is 5.15 Å². The van der Waals surface area contributed by atoms with Crippen LogP contribution >= 0.6 is 24.0 Å². The zero-order valence-electron chi connectivity index (χ0n) is 11.2. The van der Waals surface area contributed by atoms with E-state index < -0.39 is 0 Å². The Hall–Kier alpha value is -1.78. The van der Waals surface area contributed by atoms with Gasteiger partial charge in [-0.3, -0.25) is 4.79 Å². The van der Waals surface area contributed by atoms with Crippen LogP contribution in [-0.4, -0.2) is 17.4 Å². The maximum Gasteiger partial charge on any atom is 0.257 e. The highest BCUT2D eigenvalue weighted by atomic mass is 35.5. The van der Waals surface area contributed by atoms with Crippen LogP contribution in [0.15, 0.2) is 36.5 Å². The van der Waals surface area contributed by atoms with Crippen LogP contribution in [0.1, 0.15) is 22.3 Å². The molecule has 0 saturated carbocycles. The fraction of sp³-hybridized carbons (Fsp3) is 0.200. The van der Waals surface area contributed by atoms with Gasteiger partial charge >= 0.3 is 0 Å². The lowest BCUT2D eigenvalue weighted by Gasteiger charge is -2.18. The summed E-state index contributed by atoms with van der Waals surface area (Å²) in [6, 6.07) is 9.20. The zero-order chi connectivity index (χ0) is 13.9. The summed E-state index contributed by atoms with van der Waals surface area (Å²) in [5, 5.41) is 6.58. The number of nitrogens with one attached hydrogen (secondary N) is 2. The van der Waals surface area contributed by atoms with Crippen LogP contribution in [0.25, 0.3) is 0 Å². The molecule has 2 heterocycles. The molecular formula is C15H15Cl2N3O. The highest BCUT2D eigenvalue weighted by Gasteiger charge is 2.11. The molecule has 2 aromatic rings. The third-order valence-corrected chi connectivity index (χ3v) is 3.52. The second-order valence-corrected chi connectivity index (χ2v) is 5.11. The van der Waals surface area contributed by atoms with Gasteiger partial charge in [0, 0.05) is 24.1 Å². The van der Waals surface area contributed by atoms with Crippen molar-refractivity contribution in [3.05, 3.63) is 52.8 Å². The van der Waals surface area contributed by atoms with E-state index in [0.717, 1.165) is 30.8 Å². The zero-order valence-corrected chi connectivity index (χ0v) is 12.8. The normalized spacial score (nSPS) is 12.6. The van der Waals surface area contributed by atoms with Crippen molar-refractivity contribution in [3.63, 3.8) is 0 Å². The van der Waals surface area contributed by atoms with Crippen LogP contribution in [0, 0.1) is 0 Å². The molecule has 0 radical (unpaired) electrons. The molecule has 1 aliphatic rings. The van der Waals surface area contributed by atoms with E-state index in [0.29, 0.717) is 10.7 Å². The maximum atomic E-state index is 12.1. The monoisotopic (exact) mass is 323 g/mol. The predicted molar refractivity (Wildman–Crippen MR) is 87.7 cm³/mol. The molecule has 4 nitrogen and oxygen atoms in total. The highest BCUT2D eigenvalue weighted by Crippen LogP contribution is 2.25. The van der Waals surface area contributed by atoms with Gasteiger partial charge in [0.05, 0.1) is 5.56 Å². The molecule has 0 atom stereocenters. The minimum absolute atomic E-state index is 0. The number of pyridine rings is 1. The van der Waals surface area contributed by atoms with Crippen LogP contribution in [0.5, 0.6) is 0 Å². The minimum Gasteiger partial charge on any atom is -0.385 e. The van der Waals surface area contributed by atoms with Crippen LogP contribution in [0.4, 0.5) is 11.4 Å². The van der Waals surface area contributed by atoms with Gasteiger partial charge in [-0.2, -0.15) is 0 Å². The first-order valence-corrected chi connectivity index (χ1v) is 6.90. The topological polar surface area (TPSA) is 54.0 Å². The molecule has 3 rings (SSSR count). The molecule has 1 aromatic heterocycles. The minimum atomic E-state index is -0.190. The van der Waals surface area contributed by atoms with Gasteiger partial charge in [-0.1, -0.05) is 17.7 Å². The Morgan fingerprint density at radius 3 is 2.90 bits per heavy atom. The lowest BCUT2D eigenvalue weighted by Crippen LogP contribution is -2.14. The van der Waals surface area contributed by atoms with E-state index in [2.05, 4.69) is 21.7 Å². The van der Waals surface area contributed by atoms with E-state index >= 15 is 0 Å². The molecule has 110 valence electrons. The van der Waals surface area contributed by atoms with Crippen LogP contribution in [0.2, 0.25) is 5.15 Å². The largest absolute Gasteiger partial charge is 0.385 e. The molecule has 0 bridgehead atoms. The van der Waals surface area contributed by atoms with Crippen molar-refractivity contribution in [2.75, 3.05) is 17.2 Å². The molecule has 21 heavy (non-hydrogen) atoms. The number of carbonyl (C=O) groups excluding carboxylic acids is 1. The molecule has 6 heteroatoms. The first-order chi connectivity index (χ1) is 9.72. The number of hydrogen-bond donors (Lipinski definition) is 2. The summed E-state index contributed by atoms with van der Waals surface area (Å²) in [4.78, 5) is 16.0. The Labute approximate surface area is 134 Å². The number of hydrogen-bond acceptors (Lipinski definition) is 3. The number of benzene rings is 1. The molecule has 0 spiro atoms. The Morgan fingerprint density at radius 1 is 1.29 bits per heavy atom. The van der Waals surface area contributed by atoms with Crippen LogP contribution in [0.3, 0.4) is 0 Å². The standard InChI is InChI=1S/C15H14ClN3O.ClH/c16-14-6-4-11(9-18-14)15(20)19-12-5-3-10-2-1-7-17-13(10)8-12;/h3-6,8-9,17H,1-2,7H2,(H,19,20);1H. The average Bonchev–Trinajstić information content (AvgIpc) is 2.48. The molecule has 1 amide bonds. The van der Waals surface area contributed by atoms with Crippen molar-refractivity contribution >= 4 is 41.3 Å². The fourth-order valence-electron chi connectivity index (χ4n) is 2.25. The molecule has 2 N–H and O–H groups in total. The van der Waals surface area contributed by atoms with Gasteiger partial charge in [-0.05, 0) is 42.7 Å². The molecule has 1 aliphatic heterocycles. The molecule has 0 aliphatic carbocycles. The van der Waals surface area contributed by atoms with Crippen molar-refractivity contribution in [1.29, 1.82) is 0 Å². The second kappa shape index (κ2) is 6.78. The number of aryl methyl sites for hydroxylation is 1. The number of aromatic nitrogens is 1. The summed E-state index contributed by atoms with van der Waals surface area (Å²) in [6.07, 6.45) is 3.70. The summed E-state index contributed by atoms with van der Waals surface area (Å²) in [5.41, 5.74) is 3.66. The van der Waals surface area contributed by atoms with Gasteiger partial charge in [0.25, 0.3) is 5.91 Å². The third kappa shape index (κ3) is 3.65. The number of anilines is 2. The Kier molecular flexibility index (Phi) is 5.04. The molecule has 0 fully saturated rings. The van der Waals surface area contributed by atoms with E-state index in [-0.39, 0.29) is 18.3 Å². The number of carbonyl (C=O) groups is 1. The summed E-state index contributed by atoms with van der Waals surface area (Å²) >= 11 is 5.70. The number of rotatable bonds is 2. The van der Waals surface area contributed by atoms with Crippen molar-refractivity contribution in [3.8, 4) is 0 Å². The number of nitrogens with zero attached hydrogens (tertiary/aromatic N) is 1. The van der Waals surface area contributed by atoms with Gasteiger partial charge in [0.2, 0.25) is 0 Å². The third-order valence-electron chi connectivity index (χ3n) is 3.30. The van der Waals surface area contributed by atoms with Crippen LogP contribution in [-0.2, 0) is 6.42 Å². The van der Waals surface area contributed by atoms with Crippen molar-refractivity contribution < 1.29 is 4.79 Å². The first kappa shape index (κ1) is 15.6. The Bertz CT molecular complexity index is 644. The fourth-order valence-corrected chi connectivity index (χ4v) is 2.36. The highest BCUT2D eigenvalue weighted by molar-refractivity contribution is 6.29. The van der Waals surface area contributed by atoms with Gasteiger partial charge in [-0.15, -0.1) is 12.4 Å². The first-order valence-electron chi connectivity index (χ1n) is 6.52. The Morgan fingerprint density at radius 2 is 2.14 bits per heavy atom. The Balaban J connectivity index is 0.00000161. The smallest absolute Gasteiger partial charge is 0.257 e. The molecule has 0 saturated heterocycles. The number of fused-ring (bicyclic) bond motifs is 1. The summed E-state index contributed by atoms with van der Waals surface area (Å²) in [5.74, 6) is -0.190.